The molecule has 32 heavy (non-hydrogen) atoms. The highest BCUT2D eigenvalue weighted by Gasteiger charge is 2.41. The first-order valence-electron chi connectivity index (χ1n) is 11.2. The zero-order valence-corrected chi connectivity index (χ0v) is 18.5. The van der Waals surface area contributed by atoms with Crippen molar-refractivity contribution in [1.82, 2.24) is 20.2 Å². The Balaban J connectivity index is 1.32. The van der Waals surface area contributed by atoms with Crippen molar-refractivity contribution >= 4 is 5.91 Å². The average molecular weight is 433 g/mol. The zero-order chi connectivity index (χ0) is 22.1. The third kappa shape index (κ3) is 4.00. The number of methoxy groups -OCH3 is 1. The Morgan fingerprint density at radius 2 is 2.12 bits per heavy atom. The Morgan fingerprint density at radius 3 is 2.88 bits per heavy atom. The summed E-state index contributed by atoms with van der Waals surface area (Å²) < 4.78 is 10.8. The van der Waals surface area contributed by atoms with Gasteiger partial charge in [-0.1, -0.05) is 12.1 Å². The molecule has 6 rings (SSSR count). The lowest BCUT2D eigenvalue weighted by atomic mass is 9.74. The van der Waals surface area contributed by atoms with Gasteiger partial charge in [-0.05, 0) is 62.6 Å². The summed E-state index contributed by atoms with van der Waals surface area (Å²) in [7, 11) is 1.69. The minimum Gasteiger partial charge on any atom is -0.496 e. The lowest BCUT2D eigenvalue weighted by Crippen LogP contribution is -2.56. The lowest BCUT2D eigenvalue weighted by Gasteiger charge is -2.49. The number of aryl methyl sites for hydroxylation is 1. The molecule has 3 aromatic rings. The van der Waals surface area contributed by atoms with Crippen molar-refractivity contribution in [2.45, 2.75) is 31.7 Å². The molecule has 0 spiro atoms. The van der Waals surface area contributed by atoms with Crippen LogP contribution in [-0.2, 0) is 0 Å². The Labute approximate surface area is 187 Å². The standard InChI is InChI=1S/C25H28N4O3/c1-16-27-21(19-6-3-4-7-23(19)31-2)13-22(28-16)20-15-29-10-9-17(20)12-18(29)14-26-25(30)24-8-5-11-32-24/h3-8,11,13,17-18,20H,9-10,12,14-15H2,1-2H3,(H,26,30). The van der Waals surface area contributed by atoms with Gasteiger partial charge in [0.05, 0.1) is 19.1 Å². The minimum absolute atomic E-state index is 0.151. The van der Waals surface area contributed by atoms with Crippen LogP contribution in [0.5, 0.6) is 5.75 Å². The average Bonchev–Trinajstić information content (AvgIpc) is 3.37. The van der Waals surface area contributed by atoms with Crippen molar-refractivity contribution in [1.29, 1.82) is 0 Å². The van der Waals surface area contributed by atoms with Gasteiger partial charge in [-0.3, -0.25) is 9.69 Å². The van der Waals surface area contributed by atoms with Crippen LogP contribution >= 0.6 is 0 Å². The van der Waals surface area contributed by atoms with E-state index in [0.717, 1.165) is 54.5 Å². The van der Waals surface area contributed by atoms with Gasteiger partial charge in [0.15, 0.2) is 5.76 Å². The van der Waals surface area contributed by atoms with Crippen LogP contribution in [-0.4, -0.2) is 53.6 Å². The fraction of sp³-hybridized carbons (Fsp3) is 0.400. The van der Waals surface area contributed by atoms with Crippen molar-refractivity contribution < 1.29 is 13.9 Å². The number of hydrogen-bond acceptors (Lipinski definition) is 6. The number of furan rings is 1. The smallest absolute Gasteiger partial charge is 0.287 e. The Bertz CT molecular complexity index is 1100. The van der Waals surface area contributed by atoms with Crippen LogP contribution in [0.25, 0.3) is 11.3 Å². The molecule has 7 heteroatoms. The van der Waals surface area contributed by atoms with Gasteiger partial charge in [0.1, 0.15) is 11.6 Å². The van der Waals surface area contributed by atoms with Gasteiger partial charge in [0.2, 0.25) is 0 Å². The van der Waals surface area contributed by atoms with Crippen molar-refractivity contribution in [3.05, 3.63) is 66.0 Å². The van der Waals surface area contributed by atoms with Crippen LogP contribution in [0.1, 0.15) is 40.8 Å². The van der Waals surface area contributed by atoms with E-state index in [1.165, 1.54) is 6.26 Å². The molecule has 3 saturated heterocycles. The fourth-order valence-corrected chi connectivity index (χ4v) is 5.17. The largest absolute Gasteiger partial charge is 0.496 e. The highest BCUT2D eigenvalue weighted by molar-refractivity contribution is 5.91. The van der Waals surface area contributed by atoms with Gasteiger partial charge in [-0.15, -0.1) is 0 Å². The molecule has 7 nitrogen and oxygen atoms in total. The third-order valence-electron chi connectivity index (χ3n) is 6.74. The SMILES string of the molecule is COc1ccccc1-c1cc(C2CN3CCC2CC3CNC(=O)c2ccco2)nc(C)n1. The maximum absolute atomic E-state index is 12.3. The first kappa shape index (κ1) is 20.7. The van der Waals surface area contributed by atoms with E-state index in [2.05, 4.69) is 16.3 Å². The molecule has 0 saturated carbocycles. The second kappa shape index (κ2) is 8.74. The predicted molar refractivity (Wildman–Crippen MR) is 121 cm³/mol. The van der Waals surface area contributed by atoms with Crippen molar-refractivity contribution in [2.75, 3.05) is 26.7 Å². The van der Waals surface area contributed by atoms with Crippen LogP contribution in [0.3, 0.4) is 0 Å². The molecule has 3 aliphatic heterocycles. The topological polar surface area (TPSA) is 80.5 Å². The maximum Gasteiger partial charge on any atom is 0.287 e. The van der Waals surface area contributed by atoms with Crippen LogP contribution in [0, 0.1) is 12.8 Å². The molecule has 1 aromatic carbocycles. The number of amides is 1. The maximum atomic E-state index is 12.3. The number of fused-ring (bicyclic) bond motifs is 3. The third-order valence-corrected chi connectivity index (χ3v) is 6.74. The molecular weight excluding hydrogens is 404 g/mol. The number of hydrogen-bond donors (Lipinski definition) is 1. The molecule has 2 aromatic heterocycles. The predicted octanol–water partition coefficient (Wildman–Crippen LogP) is 3.66. The number of ether oxygens (including phenoxy) is 1. The van der Waals surface area contributed by atoms with Gasteiger partial charge in [-0.25, -0.2) is 9.97 Å². The lowest BCUT2D eigenvalue weighted by molar-refractivity contribution is 0.0288. The molecule has 166 valence electrons. The van der Waals surface area contributed by atoms with E-state index in [-0.39, 0.29) is 5.91 Å². The first-order valence-corrected chi connectivity index (χ1v) is 11.2. The molecule has 0 aliphatic carbocycles. The summed E-state index contributed by atoms with van der Waals surface area (Å²) in [6.45, 7) is 4.61. The van der Waals surface area contributed by atoms with E-state index in [1.54, 1.807) is 19.2 Å². The number of rotatable bonds is 6. The van der Waals surface area contributed by atoms with E-state index < -0.39 is 0 Å². The zero-order valence-electron chi connectivity index (χ0n) is 18.5. The molecule has 3 fully saturated rings. The summed E-state index contributed by atoms with van der Waals surface area (Å²) in [6, 6.07) is 13.9. The summed E-state index contributed by atoms with van der Waals surface area (Å²) >= 11 is 0. The van der Waals surface area contributed by atoms with Crippen LogP contribution in [0.4, 0.5) is 0 Å². The normalized spacial score (nSPS) is 24.3. The van der Waals surface area contributed by atoms with Gasteiger partial charge >= 0.3 is 0 Å². The number of para-hydroxylation sites is 1. The fourth-order valence-electron chi connectivity index (χ4n) is 5.17. The van der Waals surface area contributed by atoms with Gasteiger partial charge in [0, 0.05) is 36.3 Å². The van der Waals surface area contributed by atoms with E-state index in [4.69, 9.17) is 19.1 Å². The molecule has 1 N–H and O–H groups in total. The Hall–Kier alpha value is -3.19. The van der Waals surface area contributed by atoms with Gasteiger partial charge in [-0.2, -0.15) is 0 Å². The summed E-state index contributed by atoms with van der Waals surface area (Å²) in [5.74, 6) is 2.72. The van der Waals surface area contributed by atoms with Crippen LogP contribution in [0.15, 0.2) is 53.1 Å². The van der Waals surface area contributed by atoms with E-state index in [0.29, 0.717) is 30.2 Å². The number of nitrogens with one attached hydrogen (secondary N) is 1. The quantitative estimate of drug-likeness (QED) is 0.640. The summed E-state index contributed by atoms with van der Waals surface area (Å²) in [6.07, 6.45) is 3.73. The molecule has 5 heterocycles. The Kier molecular flexibility index (Phi) is 5.66. The molecule has 2 bridgehead atoms. The number of carbonyl (C=O) groups excluding carboxylic acids is 1. The van der Waals surface area contributed by atoms with E-state index in [1.807, 2.05) is 31.2 Å². The highest BCUT2D eigenvalue weighted by Crippen LogP contribution is 2.42. The van der Waals surface area contributed by atoms with E-state index in [9.17, 15) is 4.79 Å². The van der Waals surface area contributed by atoms with Crippen molar-refractivity contribution in [3.8, 4) is 17.0 Å². The summed E-state index contributed by atoms with van der Waals surface area (Å²) in [4.78, 5) is 24.3. The van der Waals surface area contributed by atoms with Gasteiger partial charge < -0.3 is 14.5 Å². The van der Waals surface area contributed by atoms with E-state index >= 15 is 0 Å². The second-order valence-corrected chi connectivity index (χ2v) is 8.65. The molecule has 0 radical (unpaired) electrons. The number of nitrogens with zero attached hydrogens (tertiary/aromatic N) is 3. The summed E-state index contributed by atoms with van der Waals surface area (Å²) in [5, 5.41) is 3.03. The first-order chi connectivity index (χ1) is 15.6. The highest BCUT2D eigenvalue weighted by atomic mass is 16.5. The number of carbonyl (C=O) groups is 1. The number of aromatic nitrogens is 2. The Morgan fingerprint density at radius 1 is 1.25 bits per heavy atom. The van der Waals surface area contributed by atoms with Crippen molar-refractivity contribution in [3.63, 3.8) is 0 Å². The number of benzene rings is 1. The van der Waals surface area contributed by atoms with Crippen LogP contribution in [0.2, 0.25) is 0 Å². The molecular formula is C25H28N4O3. The number of piperidine rings is 3. The van der Waals surface area contributed by atoms with Crippen LogP contribution < -0.4 is 10.1 Å². The molecule has 4 unspecified atom stereocenters. The molecule has 4 atom stereocenters. The second-order valence-electron chi connectivity index (χ2n) is 8.65. The minimum atomic E-state index is -0.151. The molecule has 3 aliphatic rings. The summed E-state index contributed by atoms with van der Waals surface area (Å²) in [5.41, 5.74) is 3.00. The monoisotopic (exact) mass is 432 g/mol. The van der Waals surface area contributed by atoms with Crippen molar-refractivity contribution in [2.24, 2.45) is 5.92 Å². The van der Waals surface area contributed by atoms with Gasteiger partial charge in [0.25, 0.3) is 5.91 Å². The molecule has 1 amide bonds.